The van der Waals surface area contributed by atoms with Crippen molar-refractivity contribution in [3.63, 3.8) is 0 Å². The van der Waals surface area contributed by atoms with Crippen molar-refractivity contribution in [2.45, 2.75) is 19.1 Å². The molecule has 0 N–H and O–H groups in total. The summed E-state index contributed by atoms with van der Waals surface area (Å²) in [5.41, 5.74) is 1.46. The van der Waals surface area contributed by atoms with Crippen LogP contribution in [0.2, 0.25) is 0 Å². The lowest BCUT2D eigenvalue weighted by molar-refractivity contribution is -0.221. The van der Waals surface area contributed by atoms with Gasteiger partial charge >= 0.3 is 5.97 Å². The Balaban J connectivity index is 1.59. The molecule has 2 aromatic rings. The van der Waals surface area contributed by atoms with Gasteiger partial charge in [0.15, 0.2) is 0 Å². The molecule has 138 valence electrons. The molecule has 1 aliphatic rings. The smallest absolute Gasteiger partial charge is 0.332 e. The molecule has 0 aliphatic carbocycles. The van der Waals surface area contributed by atoms with E-state index < -0.39 is 5.60 Å². The highest BCUT2D eigenvalue weighted by molar-refractivity contribution is 9.10. The Bertz CT molecular complexity index is 740. The van der Waals surface area contributed by atoms with Crippen LogP contribution in [0.1, 0.15) is 18.1 Å². The first kappa shape index (κ1) is 18.9. The van der Waals surface area contributed by atoms with Crippen LogP contribution >= 0.6 is 15.9 Å². The van der Waals surface area contributed by atoms with Gasteiger partial charge in [0, 0.05) is 4.47 Å². The highest BCUT2D eigenvalue weighted by Gasteiger charge is 2.42. The molecule has 3 rings (SSSR count). The molecule has 2 aromatic carbocycles. The number of hydrogen-bond donors (Lipinski definition) is 0. The predicted molar refractivity (Wildman–Crippen MR) is 100.0 cm³/mol. The number of esters is 1. The Morgan fingerprint density at radius 3 is 2.58 bits per heavy atom. The summed E-state index contributed by atoms with van der Waals surface area (Å²) in [6.45, 7) is 3.36. The Morgan fingerprint density at radius 1 is 1.19 bits per heavy atom. The van der Waals surface area contributed by atoms with Crippen molar-refractivity contribution in [3.05, 3.63) is 64.1 Å². The summed E-state index contributed by atoms with van der Waals surface area (Å²) in [6.07, 6.45) is 0. The van der Waals surface area contributed by atoms with Crippen LogP contribution in [0.5, 0.6) is 5.75 Å². The Morgan fingerprint density at radius 2 is 1.96 bits per heavy atom. The van der Waals surface area contributed by atoms with Gasteiger partial charge < -0.3 is 18.9 Å². The first-order chi connectivity index (χ1) is 12.6. The van der Waals surface area contributed by atoms with E-state index in [-0.39, 0.29) is 12.6 Å². The molecule has 1 heterocycles. The molecule has 6 heteroatoms. The highest BCUT2D eigenvalue weighted by Crippen LogP contribution is 2.34. The molecule has 0 unspecified atom stereocenters. The molecule has 0 bridgehead atoms. The largest absolute Gasteiger partial charge is 0.489 e. The lowest BCUT2D eigenvalue weighted by Gasteiger charge is -2.41. The van der Waals surface area contributed by atoms with Crippen molar-refractivity contribution in [1.82, 2.24) is 0 Å². The molecule has 0 atom stereocenters. The summed E-state index contributed by atoms with van der Waals surface area (Å²) >= 11 is 3.45. The SMILES string of the molecule is CCOC(=O)COC1(c2ccc(OCc3cccc(Br)c3)cc2)COC1. The topological polar surface area (TPSA) is 54.0 Å². The summed E-state index contributed by atoms with van der Waals surface area (Å²) in [7, 11) is 0. The van der Waals surface area contributed by atoms with E-state index in [2.05, 4.69) is 15.9 Å². The van der Waals surface area contributed by atoms with Gasteiger partial charge in [-0.3, -0.25) is 0 Å². The molecular weight excluding hydrogens is 400 g/mol. The standard InChI is InChI=1S/C20H21BrO5/c1-2-24-19(22)12-26-20(13-23-14-20)16-6-8-18(9-7-16)25-11-15-4-3-5-17(21)10-15/h3-10H,2,11-14H2,1H3. The average Bonchev–Trinajstić information content (AvgIpc) is 2.60. The van der Waals surface area contributed by atoms with Gasteiger partial charge in [0.2, 0.25) is 0 Å². The number of rotatable bonds is 8. The second-order valence-electron chi connectivity index (χ2n) is 6.02. The fraction of sp³-hybridized carbons (Fsp3) is 0.350. The summed E-state index contributed by atoms with van der Waals surface area (Å²) in [6, 6.07) is 15.7. The van der Waals surface area contributed by atoms with Gasteiger partial charge in [-0.15, -0.1) is 0 Å². The lowest BCUT2D eigenvalue weighted by Crippen LogP contribution is -2.49. The molecule has 0 saturated carbocycles. The maximum Gasteiger partial charge on any atom is 0.332 e. The molecule has 26 heavy (non-hydrogen) atoms. The minimum atomic E-state index is -0.588. The molecule has 5 nitrogen and oxygen atoms in total. The number of benzene rings is 2. The molecule has 0 radical (unpaired) electrons. The normalized spacial score (nSPS) is 15.2. The van der Waals surface area contributed by atoms with Crippen LogP contribution in [0, 0.1) is 0 Å². The average molecular weight is 421 g/mol. The zero-order valence-corrected chi connectivity index (χ0v) is 16.2. The minimum absolute atomic E-state index is 0.0850. The van der Waals surface area contributed by atoms with E-state index in [9.17, 15) is 4.79 Å². The van der Waals surface area contributed by atoms with Gasteiger partial charge in [-0.25, -0.2) is 4.79 Å². The summed E-state index contributed by atoms with van der Waals surface area (Å²) in [5.74, 6) is 0.405. The van der Waals surface area contributed by atoms with E-state index in [0.717, 1.165) is 21.3 Å². The van der Waals surface area contributed by atoms with Crippen LogP contribution < -0.4 is 4.74 Å². The third kappa shape index (κ3) is 4.63. The molecule has 0 spiro atoms. The van der Waals surface area contributed by atoms with E-state index in [4.69, 9.17) is 18.9 Å². The van der Waals surface area contributed by atoms with E-state index in [1.165, 1.54) is 0 Å². The number of hydrogen-bond acceptors (Lipinski definition) is 5. The van der Waals surface area contributed by atoms with Gasteiger partial charge in [-0.05, 0) is 42.3 Å². The Labute approximate surface area is 161 Å². The van der Waals surface area contributed by atoms with Crippen molar-refractivity contribution in [1.29, 1.82) is 0 Å². The van der Waals surface area contributed by atoms with E-state index >= 15 is 0 Å². The molecular formula is C20H21BrO5. The van der Waals surface area contributed by atoms with Crippen LogP contribution in [-0.4, -0.2) is 32.4 Å². The van der Waals surface area contributed by atoms with E-state index in [1.54, 1.807) is 6.92 Å². The maximum absolute atomic E-state index is 11.5. The molecule has 0 aromatic heterocycles. The fourth-order valence-electron chi connectivity index (χ4n) is 2.67. The van der Waals surface area contributed by atoms with Crippen LogP contribution in [0.25, 0.3) is 0 Å². The Kier molecular flexibility index (Phi) is 6.29. The quantitative estimate of drug-likeness (QED) is 0.607. The monoisotopic (exact) mass is 420 g/mol. The van der Waals surface area contributed by atoms with E-state index in [1.807, 2.05) is 48.5 Å². The van der Waals surface area contributed by atoms with Crippen LogP contribution in [-0.2, 0) is 31.2 Å². The van der Waals surface area contributed by atoms with Crippen molar-refractivity contribution in [2.24, 2.45) is 0 Å². The zero-order valence-electron chi connectivity index (χ0n) is 14.6. The van der Waals surface area contributed by atoms with Crippen LogP contribution in [0.3, 0.4) is 0 Å². The molecule has 1 fully saturated rings. The summed E-state index contributed by atoms with van der Waals surface area (Å²) in [5, 5.41) is 0. The summed E-state index contributed by atoms with van der Waals surface area (Å²) < 4.78 is 22.9. The second-order valence-corrected chi connectivity index (χ2v) is 6.94. The third-order valence-corrected chi connectivity index (χ3v) is 4.61. The third-order valence-electron chi connectivity index (χ3n) is 4.12. The number of halogens is 1. The van der Waals surface area contributed by atoms with Gasteiger partial charge in [-0.2, -0.15) is 0 Å². The number of ether oxygens (including phenoxy) is 4. The first-order valence-electron chi connectivity index (χ1n) is 8.46. The second kappa shape index (κ2) is 8.66. The zero-order chi connectivity index (χ0) is 18.4. The van der Waals surface area contributed by atoms with Gasteiger partial charge in [0.25, 0.3) is 0 Å². The van der Waals surface area contributed by atoms with Crippen LogP contribution in [0.4, 0.5) is 0 Å². The van der Waals surface area contributed by atoms with Crippen molar-refractivity contribution in [3.8, 4) is 5.75 Å². The maximum atomic E-state index is 11.5. The van der Waals surface area contributed by atoms with Crippen molar-refractivity contribution >= 4 is 21.9 Å². The molecule has 1 aliphatic heterocycles. The fourth-order valence-corrected chi connectivity index (χ4v) is 3.12. The van der Waals surface area contributed by atoms with Gasteiger partial charge in [0.05, 0.1) is 19.8 Å². The van der Waals surface area contributed by atoms with Crippen molar-refractivity contribution < 1.29 is 23.7 Å². The lowest BCUT2D eigenvalue weighted by atomic mass is 9.91. The molecule has 1 saturated heterocycles. The predicted octanol–water partition coefficient (Wildman–Crippen LogP) is 3.83. The van der Waals surface area contributed by atoms with Crippen molar-refractivity contribution in [2.75, 3.05) is 26.4 Å². The van der Waals surface area contributed by atoms with Gasteiger partial charge in [0.1, 0.15) is 24.6 Å². The number of carbonyl (C=O) groups is 1. The van der Waals surface area contributed by atoms with E-state index in [0.29, 0.717) is 26.4 Å². The minimum Gasteiger partial charge on any atom is -0.489 e. The van der Waals surface area contributed by atoms with Gasteiger partial charge in [-0.1, -0.05) is 40.2 Å². The highest BCUT2D eigenvalue weighted by atomic mass is 79.9. The Hall–Kier alpha value is -1.89. The van der Waals surface area contributed by atoms with Crippen LogP contribution in [0.15, 0.2) is 53.0 Å². The summed E-state index contributed by atoms with van der Waals surface area (Å²) in [4.78, 5) is 11.5. The number of carbonyl (C=O) groups excluding carboxylic acids is 1. The molecule has 0 amide bonds. The first-order valence-corrected chi connectivity index (χ1v) is 9.26.